The molecule has 1 aliphatic carbocycles. The van der Waals surface area contributed by atoms with Crippen molar-refractivity contribution in [1.29, 1.82) is 0 Å². The third-order valence-corrected chi connectivity index (χ3v) is 4.76. The minimum Gasteiger partial charge on any atom is -0.385 e. The van der Waals surface area contributed by atoms with Crippen LogP contribution < -0.4 is 10.0 Å². The first-order valence-corrected chi connectivity index (χ1v) is 8.69. The van der Waals surface area contributed by atoms with Gasteiger partial charge in [-0.15, -0.1) is 0 Å². The average Bonchev–Trinajstić information content (AvgIpc) is 3.14. The molecule has 2 N–H and O–H groups in total. The second kappa shape index (κ2) is 7.57. The molecule has 0 aromatic heterocycles. The van der Waals surface area contributed by atoms with Crippen LogP contribution in [0.25, 0.3) is 0 Å². The highest BCUT2D eigenvalue weighted by Gasteiger charge is 2.22. The minimum absolute atomic E-state index is 0.0741. The van der Waals surface area contributed by atoms with Gasteiger partial charge >= 0.3 is 0 Å². The Kier molecular flexibility index (Phi) is 6.73. The number of rotatable bonds is 11. The quantitative estimate of drug-likeness (QED) is 0.560. The lowest BCUT2D eigenvalue weighted by Crippen LogP contribution is -2.36. The molecule has 0 aromatic carbocycles. The van der Waals surface area contributed by atoms with Gasteiger partial charge in [-0.05, 0) is 37.6 Å². The number of methoxy groups -OCH3 is 1. The van der Waals surface area contributed by atoms with Crippen LogP contribution in [0.1, 0.15) is 39.5 Å². The van der Waals surface area contributed by atoms with Crippen LogP contribution >= 0.6 is 0 Å². The molecule has 114 valence electrons. The van der Waals surface area contributed by atoms with Gasteiger partial charge in [0.05, 0.1) is 5.75 Å². The van der Waals surface area contributed by atoms with E-state index in [4.69, 9.17) is 4.74 Å². The van der Waals surface area contributed by atoms with Gasteiger partial charge in [0.25, 0.3) is 0 Å². The maximum Gasteiger partial charge on any atom is 0.211 e. The van der Waals surface area contributed by atoms with Crippen LogP contribution in [0.3, 0.4) is 0 Å². The first-order chi connectivity index (χ1) is 8.85. The summed E-state index contributed by atoms with van der Waals surface area (Å²) in [6.45, 7) is 6.00. The van der Waals surface area contributed by atoms with Crippen molar-refractivity contribution in [3.63, 3.8) is 0 Å². The standard InChI is InChI=1S/C13H28N2O3S/c1-13(2,7-9-18-3)11-15-19(16,17)10-4-8-14-12-5-6-12/h12,14-15H,4-11H2,1-3H3. The molecule has 0 bridgehead atoms. The van der Waals surface area contributed by atoms with Gasteiger partial charge in [0.2, 0.25) is 10.0 Å². The third kappa shape index (κ3) is 8.57. The smallest absolute Gasteiger partial charge is 0.211 e. The van der Waals surface area contributed by atoms with Crippen molar-refractivity contribution in [2.45, 2.75) is 45.6 Å². The van der Waals surface area contributed by atoms with Crippen molar-refractivity contribution in [3.05, 3.63) is 0 Å². The summed E-state index contributed by atoms with van der Waals surface area (Å²) in [5.41, 5.74) is -0.0741. The van der Waals surface area contributed by atoms with Crippen LogP contribution in [0, 0.1) is 5.41 Å². The average molecular weight is 292 g/mol. The Bertz CT molecular complexity index is 351. The Morgan fingerprint density at radius 2 is 2.00 bits per heavy atom. The van der Waals surface area contributed by atoms with E-state index in [1.54, 1.807) is 7.11 Å². The zero-order chi connectivity index (χ0) is 14.4. The highest BCUT2D eigenvalue weighted by molar-refractivity contribution is 7.89. The van der Waals surface area contributed by atoms with Gasteiger partial charge in [-0.1, -0.05) is 13.8 Å². The van der Waals surface area contributed by atoms with Crippen LogP contribution in [-0.4, -0.2) is 47.0 Å². The molecule has 0 amide bonds. The van der Waals surface area contributed by atoms with Crippen molar-refractivity contribution in [2.75, 3.05) is 32.6 Å². The van der Waals surface area contributed by atoms with Crippen LogP contribution in [0.2, 0.25) is 0 Å². The van der Waals surface area contributed by atoms with Crippen LogP contribution in [0.15, 0.2) is 0 Å². The fourth-order valence-electron chi connectivity index (χ4n) is 1.70. The first-order valence-electron chi connectivity index (χ1n) is 7.04. The lowest BCUT2D eigenvalue weighted by Gasteiger charge is -2.24. The Morgan fingerprint density at radius 3 is 2.58 bits per heavy atom. The van der Waals surface area contributed by atoms with E-state index in [0.717, 1.165) is 13.0 Å². The van der Waals surface area contributed by atoms with Gasteiger partial charge in [0.15, 0.2) is 0 Å². The highest BCUT2D eigenvalue weighted by Crippen LogP contribution is 2.19. The fraction of sp³-hybridized carbons (Fsp3) is 1.00. The van der Waals surface area contributed by atoms with Gasteiger partial charge in [-0.2, -0.15) is 0 Å². The molecule has 19 heavy (non-hydrogen) atoms. The van der Waals surface area contributed by atoms with E-state index in [0.29, 0.717) is 25.6 Å². The van der Waals surface area contributed by atoms with Gasteiger partial charge in [-0.25, -0.2) is 13.1 Å². The van der Waals surface area contributed by atoms with E-state index >= 15 is 0 Å². The summed E-state index contributed by atoms with van der Waals surface area (Å²) >= 11 is 0. The molecule has 0 radical (unpaired) electrons. The number of ether oxygens (including phenoxy) is 1. The molecule has 0 atom stereocenters. The van der Waals surface area contributed by atoms with Crippen molar-refractivity contribution < 1.29 is 13.2 Å². The van der Waals surface area contributed by atoms with Crippen LogP contribution in [0.5, 0.6) is 0 Å². The first kappa shape index (κ1) is 16.9. The molecule has 1 rings (SSSR count). The molecular formula is C13H28N2O3S. The zero-order valence-corrected chi connectivity index (χ0v) is 13.2. The van der Waals surface area contributed by atoms with Crippen molar-refractivity contribution in [1.82, 2.24) is 10.0 Å². The molecule has 1 aliphatic rings. The summed E-state index contributed by atoms with van der Waals surface area (Å²) in [5, 5.41) is 3.32. The lowest BCUT2D eigenvalue weighted by atomic mass is 9.90. The van der Waals surface area contributed by atoms with Crippen molar-refractivity contribution in [2.24, 2.45) is 5.41 Å². The maximum atomic E-state index is 11.8. The van der Waals surface area contributed by atoms with Crippen LogP contribution in [-0.2, 0) is 14.8 Å². The molecule has 0 spiro atoms. The summed E-state index contributed by atoms with van der Waals surface area (Å²) in [4.78, 5) is 0. The molecule has 0 saturated heterocycles. The Morgan fingerprint density at radius 1 is 1.32 bits per heavy atom. The fourth-order valence-corrected chi connectivity index (χ4v) is 2.98. The van der Waals surface area contributed by atoms with Gasteiger partial charge in [-0.3, -0.25) is 0 Å². The third-order valence-electron chi connectivity index (χ3n) is 3.35. The van der Waals surface area contributed by atoms with E-state index in [1.807, 2.05) is 13.8 Å². The number of hydrogen-bond donors (Lipinski definition) is 2. The Labute approximate surface area is 117 Å². The number of hydrogen-bond acceptors (Lipinski definition) is 4. The number of nitrogens with one attached hydrogen (secondary N) is 2. The molecular weight excluding hydrogens is 264 g/mol. The van der Waals surface area contributed by atoms with Crippen LogP contribution in [0.4, 0.5) is 0 Å². The normalized spacial score (nSPS) is 16.8. The monoisotopic (exact) mass is 292 g/mol. The maximum absolute atomic E-state index is 11.8. The summed E-state index contributed by atoms with van der Waals surface area (Å²) in [5.74, 6) is 0.201. The Hall–Kier alpha value is -0.170. The predicted octanol–water partition coefficient (Wildman–Crippen LogP) is 1.11. The largest absolute Gasteiger partial charge is 0.385 e. The zero-order valence-electron chi connectivity index (χ0n) is 12.4. The van der Waals surface area contributed by atoms with Crippen molar-refractivity contribution in [3.8, 4) is 0 Å². The molecule has 6 heteroatoms. The summed E-state index contributed by atoms with van der Waals surface area (Å²) in [7, 11) is -1.49. The molecule has 5 nitrogen and oxygen atoms in total. The SMILES string of the molecule is COCCC(C)(C)CNS(=O)(=O)CCCNC1CC1. The number of sulfonamides is 1. The van der Waals surface area contributed by atoms with Gasteiger partial charge in [0.1, 0.15) is 0 Å². The van der Waals surface area contributed by atoms with Gasteiger partial charge < -0.3 is 10.1 Å². The van der Waals surface area contributed by atoms with E-state index in [2.05, 4.69) is 10.0 Å². The molecule has 1 saturated carbocycles. The van der Waals surface area contributed by atoms with E-state index < -0.39 is 10.0 Å². The van der Waals surface area contributed by atoms with E-state index in [-0.39, 0.29) is 11.2 Å². The summed E-state index contributed by atoms with van der Waals surface area (Å²) in [6, 6.07) is 0.642. The summed E-state index contributed by atoms with van der Waals surface area (Å²) < 4.78 is 31.4. The molecule has 0 aromatic rings. The minimum atomic E-state index is -3.15. The predicted molar refractivity (Wildman–Crippen MR) is 77.7 cm³/mol. The molecule has 0 heterocycles. The Balaban J connectivity index is 2.16. The van der Waals surface area contributed by atoms with E-state index in [9.17, 15) is 8.42 Å². The highest BCUT2D eigenvalue weighted by atomic mass is 32.2. The summed E-state index contributed by atoms with van der Waals surface area (Å²) in [6.07, 6.45) is 3.98. The lowest BCUT2D eigenvalue weighted by molar-refractivity contribution is 0.153. The second-order valence-corrected chi connectivity index (χ2v) is 8.06. The van der Waals surface area contributed by atoms with Gasteiger partial charge in [0, 0.05) is 26.3 Å². The van der Waals surface area contributed by atoms with E-state index in [1.165, 1.54) is 12.8 Å². The molecule has 0 aliphatic heterocycles. The van der Waals surface area contributed by atoms with Crippen molar-refractivity contribution >= 4 is 10.0 Å². The second-order valence-electron chi connectivity index (χ2n) is 6.13. The molecule has 0 unspecified atom stereocenters. The molecule has 1 fully saturated rings. The topological polar surface area (TPSA) is 67.4 Å².